The minimum absolute atomic E-state index is 0.148. The lowest BCUT2D eigenvalue weighted by Crippen LogP contribution is -2.24. The Morgan fingerprint density at radius 2 is 1.45 bits per heavy atom. The predicted molar refractivity (Wildman–Crippen MR) is 56.6 cm³/mol. The number of nitrogens with zero attached hydrogens (tertiary/aromatic N) is 1. The van der Waals surface area contributed by atoms with Crippen LogP contribution < -0.4 is 0 Å². The molecule has 2 aliphatic heterocycles. The second kappa shape index (κ2) is 8.48. The smallest absolute Gasteiger partial charge is 0.475 e. The van der Waals surface area contributed by atoms with Gasteiger partial charge in [-0.2, -0.15) is 18.2 Å². The number of hydrogen-bond donors (Lipinski definition) is 2. The number of aliphatic carboxylic acids is 1. The molecule has 0 aromatic heterocycles. The molecule has 2 heterocycles. The topological polar surface area (TPSA) is 104 Å². The third-order valence-corrected chi connectivity index (χ3v) is 2.10. The molecule has 2 amide bonds. The summed E-state index contributed by atoms with van der Waals surface area (Å²) >= 11 is 0. The summed E-state index contributed by atoms with van der Waals surface area (Å²) in [6.07, 6.45) is -2.23. The van der Waals surface area contributed by atoms with Gasteiger partial charge in [-0.15, -0.1) is 0 Å². The van der Waals surface area contributed by atoms with Gasteiger partial charge in [-0.1, -0.05) is 0 Å². The van der Waals surface area contributed by atoms with Crippen molar-refractivity contribution in [1.82, 2.24) is 5.06 Å². The van der Waals surface area contributed by atoms with Crippen molar-refractivity contribution >= 4 is 17.8 Å². The Kier molecular flexibility index (Phi) is 7.77. The van der Waals surface area contributed by atoms with Crippen molar-refractivity contribution < 1.29 is 42.6 Å². The Bertz CT molecular complexity index is 330. The minimum atomic E-state index is -5.08. The molecular formula is C10H14F3NO6. The average molecular weight is 301 g/mol. The number of halogens is 3. The molecule has 20 heavy (non-hydrogen) atoms. The van der Waals surface area contributed by atoms with Crippen LogP contribution in [0.5, 0.6) is 0 Å². The molecule has 10 heteroatoms. The molecular weight excluding hydrogens is 287 g/mol. The Labute approximate surface area is 111 Å². The molecule has 0 unspecified atom stereocenters. The predicted octanol–water partition coefficient (Wildman–Crippen LogP) is 0.955. The van der Waals surface area contributed by atoms with Gasteiger partial charge in [0.2, 0.25) is 0 Å². The molecule has 116 valence electrons. The Morgan fingerprint density at radius 3 is 1.55 bits per heavy atom. The Hall–Kier alpha value is -1.68. The van der Waals surface area contributed by atoms with Crippen LogP contribution in [0.1, 0.15) is 25.7 Å². The van der Waals surface area contributed by atoms with E-state index < -0.39 is 24.0 Å². The molecule has 0 bridgehead atoms. The van der Waals surface area contributed by atoms with Crippen LogP contribution in [-0.4, -0.2) is 52.6 Å². The zero-order chi connectivity index (χ0) is 15.8. The van der Waals surface area contributed by atoms with E-state index in [4.69, 9.17) is 19.8 Å². The van der Waals surface area contributed by atoms with E-state index in [1.54, 1.807) is 0 Å². The summed E-state index contributed by atoms with van der Waals surface area (Å²) < 4.78 is 36.7. The third kappa shape index (κ3) is 7.69. The van der Waals surface area contributed by atoms with Crippen LogP contribution in [0.4, 0.5) is 13.2 Å². The van der Waals surface area contributed by atoms with E-state index in [0.29, 0.717) is 0 Å². The monoisotopic (exact) mass is 301 g/mol. The molecule has 0 atom stereocenters. The van der Waals surface area contributed by atoms with E-state index in [2.05, 4.69) is 0 Å². The molecule has 0 spiro atoms. The first-order chi connectivity index (χ1) is 9.16. The fraction of sp³-hybridized carbons (Fsp3) is 0.700. The van der Waals surface area contributed by atoms with Crippen LogP contribution in [0.25, 0.3) is 0 Å². The summed E-state index contributed by atoms with van der Waals surface area (Å²) in [6, 6.07) is 0. The summed E-state index contributed by atoms with van der Waals surface area (Å²) in [4.78, 5) is 29.4. The van der Waals surface area contributed by atoms with Crippen molar-refractivity contribution in [3.05, 3.63) is 0 Å². The number of alkyl halides is 3. The first-order valence-corrected chi connectivity index (χ1v) is 5.58. The highest BCUT2D eigenvalue weighted by atomic mass is 19.4. The van der Waals surface area contributed by atoms with Gasteiger partial charge >= 0.3 is 12.1 Å². The number of hydrogen-bond acceptors (Lipinski definition) is 5. The van der Waals surface area contributed by atoms with Gasteiger partial charge in [0.25, 0.3) is 11.8 Å². The average Bonchev–Trinajstić information content (AvgIpc) is 2.99. The van der Waals surface area contributed by atoms with Gasteiger partial charge < -0.3 is 9.84 Å². The molecule has 0 radical (unpaired) electrons. The van der Waals surface area contributed by atoms with Crippen LogP contribution in [0.2, 0.25) is 0 Å². The quantitative estimate of drug-likeness (QED) is 0.510. The maximum atomic E-state index is 10.6. The normalized spacial score (nSPS) is 18.1. The molecule has 0 saturated carbocycles. The summed E-state index contributed by atoms with van der Waals surface area (Å²) in [6.45, 7) is 2.00. The second-order valence-electron chi connectivity index (χ2n) is 3.72. The summed E-state index contributed by atoms with van der Waals surface area (Å²) in [5.74, 6) is -3.77. The highest BCUT2D eigenvalue weighted by molar-refractivity contribution is 6.00. The van der Waals surface area contributed by atoms with Crippen LogP contribution in [0, 0.1) is 0 Å². The highest BCUT2D eigenvalue weighted by Gasteiger charge is 2.38. The molecule has 2 aliphatic rings. The molecule has 2 fully saturated rings. The number of imide groups is 1. The largest absolute Gasteiger partial charge is 0.490 e. The number of carbonyl (C=O) groups is 3. The number of hydroxylamine groups is 2. The summed E-state index contributed by atoms with van der Waals surface area (Å²) in [5, 5.41) is 15.7. The fourth-order valence-corrected chi connectivity index (χ4v) is 1.08. The van der Waals surface area contributed by atoms with Gasteiger partial charge in [-0.3, -0.25) is 14.8 Å². The summed E-state index contributed by atoms with van der Waals surface area (Å²) in [5.41, 5.74) is 0. The molecule has 2 rings (SSSR count). The van der Waals surface area contributed by atoms with E-state index in [1.165, 1.54) is 12.8 Å². The van der Waals surface area contributed by atoms with Gasteiger partial charge in [0.15, 0.2) is 0 Å². The molecule has 7 nitrogen and oxygen atoms in total. The van der Waals surface area contributed by atoms with Crippen LogP contribution in [0.3, 0.4) is 0 Å². The number of rotatable bonds is 0. The standard InChI is InChI=1S/C4H5NO3.C4H8O.C2HF3O2/c6-3-1-2-4(7)5(3)8;1-2-4-5-3-1;3-2(4,5)1(6)7/h8H,1-2H2;1-4H2;(H,6,7). The van der Waals surface area contributed by atoms with Gasteiger partial charge in [-0.05, 0) is 12.8 Å². The van der Waals surface area contributed by atoms with E-state index in [0.717, 1.165) is 13.2 Å². The lowest BCUT2D eigenvalue weighted by Gasteiger charge is -1.98. The van der Waals surface area contributed by atoms with Crippen molar-refractivity contribution in [2.45, 2.75) is 31.9 Å². The SMILES string of the molecule is C1CCOC1.O=C(O)C(F)(F)F.O=C1CCC(=O)N1O. The number of carboxylic acids is 1. The maximum Gasteiger partial charge on any atom is 0.490 e. The zero-order valence-electron chi connectivity index (χ0n) is 10.4. The van der Waals surface area contributed by atoms with E-state index in [9.17, 15) is 22.8 Å². The fourth-order valence-electron chi connectivity index (χ4n) is 1.08. The van der Waals surface area contributed by atoms with Crippen molar-refractivity contribution in [2.24, 2.45) is 0 Å². The van der Waals surface area contributed by atoms with Gasteiger partial charge in [-0.25, -0.2) is 4.79 Å². The van der Waals surface area contributed by atoms with Crippen LogP contribution in [-0.2, 0) is 19.1 Å². The maximum absolute atomic E-state index is 10.6. The lowest BCUT2D eigenvalue weighted by molar-refractivity contribution is -0.192. The molecule has 2 saturated heterocycles. The van der Waals surface area contributed by atoms with E-state index >= 15 is 0 Å². The Balaban J connectivity index is 0.000000278. The zero-order valence-corrected chi connectivity index (χ0v) is 10.4. The molecule has 0 aliphatic carbocycles. The van der Waals surface area contributed by atoms with E-state index in [1.807, 2.05) is 0 Å². The van der Waals surface area contributed by atoms with Crippen molar-refractivity contribution in [3.63, 3.8) is 0 Å². The van der Waals surface area contributed by atoms with Crippen molar-refractivity contribution in [2.75, 3.05) is 13.2 Å². The van der Waals surface area contributed by atoms with E-state index in [-0.39, 0.29) is 17.9 Å². The molecule has 0 aromatic carbocycles. The van der Waals surface area contributed by atoms with Crippen molar-refractivity contribution in [3.8, 4) is 0 Å². The molecule has 0 aromatic rings. The van der Waals surface area contributed by atoms with Gasteiger partial charge in [0.1, 0.15) is 0 Å². The van der Waals surface area contributed by atoms with Gasteiger partial charge in [0, 0.05) is 26.1 Å². The first kappa shape index (κ1) is 18.3. The minimum Gasteiger partial charge on any atom is -0.475 e. The molecule has 2 N–H and O–H groups in total. The Morgan fingerprint density at radius 1 is 1.10 bits per heavy atom. The van der Waals surface area contributed by atoms with Crippen LogP contribution >= 0.6 is 0 Å². The number of amides is 2. The second-order valence-corrected chi connectivity index (χ2v) is 3.72. The van der Waals surface area contributed by atoms with Gasteiger partial charge in [0.05, 0.1) is 0 Å². The number of carboxylic acid groups (broad SMARTS) is 1. The highest BCUT2D eigenvalue weighted by Crippen LogP contribution is 2.13. The lowest BCUT2D eigenvalue weighted by atomic mass is 10.4. The first-order valence-electron chi connectivity index (χ1n) is 5.58. The summed E-state index contributed by atoms with van der Waals surface area (Å²) in [7, 11) is 0. The number of carbonyl (C=O) groups excluding carboxylic acids is 2. The number of ether oxygens (including phenoxy) is 1. The third-order valence-electron chi connectivity index (χ3n) is 2.10. The van der Waals surface area contributed by atoms with Crippen LogP contribution in [0.15, 0.2) is 0 Å². The van der Waals surface area contributed by atoms with Crippen molar-refractivity contribution in [1.29, 1.82) is 0 Å².